The molecule has 84 valence electrons. The van der Waals surface area contributed by atoms with Gasteiger partial charge in [0, 0.05) is 6.54 Å². The van der Waals surface area contributed by atoms with Gasteiger partial charge in [0.2, 0.25) is 10.0 Å². The SMILES string of the molecule is O=S1(=O)CCC(S(=O)(=O)NCCO)C1. The van der Waals surface area contributed by atoms with Crippen molar-refractivity contribution in [1.29, 1.82) is 0 Å². The molecule has 0 amide bonds. The van der Waals surface area contributed by atoms with E-state index in [9.17, 15) is 16.8 Å². The maximum absolute atomic E-state index is 11.4. The van der Waals surface area contributed by atoms with Gasteiger partial charge in [-0.1, -0.05) is 0 Å². The Kier molecular flexibility index (Phi) is 3.51. The molecule has 1 heterocycles. The second-order valence-electron chi connectivity index (χ2n) is 3.19. The average molecular weight is 243 g/mol. The van der Waals surface area contributed by atoms with Gasteiger partial charge in [-0.25, -0.2) is 21.6 Å². The molecule has 1 unspecified atom stereocenters. The standard InChI is InChI=1S/C6H13NO5S2/c8-3-2-7-14(11,12)6-1-4-13(9,10)5-6/h6-8H,1-5H2. The van der Waals surface area contributed by atoms with Crippen LogP contribution < -0.4 is 4.72 Å². The number of aliphatic hydroxyl groups excluding tert-OH is 1. The van der Waals surface area contributed by atoms with Crippen molar-refractivity contribution in [1.82, 2.24) is 4.72 Å². The van der Waals surface area contributed by atoms with Crippen LogP contribution in [0.5, 0.6) is 0 Å². The van der Waals surface area contributed by atoms with Crippen molar-refractivity contribution in [2.24, 2.45) is 0 Å². The van der Waals surface area contributed by atoms with E-state index in [1.165, 1.54) is 0 Å². The van der Waals surface area contributed by atoms with E-state index in [2.05, 4.69) is 4.72 Å². The Bertz CT molecular complexity index is 384. The van der Waals surface area contributed by atoms with Gasteiger partial charge in [0.15, 0.2) is 9.84 Å². The zero-order chi connectivity index (χ0) is 10.8. The normalized spacial score (nSPS) is 26.5. The van der Waals surface area contributed by atoms with Crippen molar-refractivity contribution < 1.29 is 21.9 Å². The highest BCUT2D eigenvalue weighted by atomic mass is 32.2. The smallest absolute Gasteiger partial charge is 0.215 e. The van der Waals surface area contributed by atoms with Crippen molar-refractivity contribution in [2.45, 2.75) is 11.7 Å². The molecule has 1 atom stereocenters. The van der Waals surface area contributed by atoms with Crippen molar-refractivity contribution in [2.75, 3.05) is 24.7 Å². The minimum absolute atomic E-state index is 0.0706. The van der Waals surface area contributed by atoms with Crippen LogP contribution in [0, 0.1) is 0 Å². The van der Waals surface area contributed by atoms with Crippen LogP contribution >= 0.6 is 0 Å². The molecule has 1 fully saturated rings. The summed E-state index contributed by atoms with van der Waals surface area (Å²) in [7, 11) is -6.77. The van der Waals surface area contributed by atoms with Crippen molar-refractivity contribution in [3.63, 3.8) is 0 Å². The topological polar surface area (TPSA) is 101 Å². The van der Waals surface area contributed by atoms with Crippen LogP contribution in [0.15, 0.2) is 0 Å². The molecule has 0 aromatic carbocycles. The number of rotatable bonds is 4. The monoisotopic (exact) mass is 243 g/mol. The fourth-order valence-electron chi connectivity index (χ4n) is 1.31. The third-order valence-corrected chi connectivity index (χ3v) is 5.91. The van der Waals surface area contributed by atoms with E-state index >= 15 is 0 Å². The molecular weight excluding hydrogens is 230 g/mol. The van der Waals surface area contributed by atoms with Crippen molar-refractivity contribution in [3.05, 3.63) is 0 Å². The van der Waals surface area contributed by atoms with E-state index < -0.39 is 25.1 Å². The molecule has 0 bridgehead atoms. The summed E-state index contributed by atoms with van der Waals surface area (Å²) in [6.45, 7) is -0.364. The first-order valence-electron chi connectivity index (χ1n) is 4.17. The molecule has 8 heteroatoms. The first kappa shape index (κ1) is 11.9. The molecule has 0 aromatic heterocycles. The zero-order valence-electron chi connectivity index (χ0n) is 7.51. The molecule has 0 radical (unpaired) electrons. The van der Waals surface area contributed by atoms with Gasteiger partial charge in [-0.3, -0.25) is 0 Å². The van der Waals surface area contributed by atoms with E-state index in [0.29, 0.717) is 0 Å². The van der Waals surface area contributed by atoms with Crippen LogP contribution in [-0.2, 0) is 19.9 Å². The molecule has 6 nitrogen and oxygen atoms in total. The summed E-state index contributed by atoms with van der Waals surface area (Å²) in [5.74, 6) is -0.383. The quantitative estimate of drug-likeness (QED) is 0.600. The summed E-state index contributed by atoms with van der Waals surface area (Å²) in [5, 5.41) is 7.57. The number of sulfonamides is 1. The first-order valence-corrected chi connectivity index (χ1v) is 7.54. The van der Waals surface area contributed by atoms with Gasteiger partial charge < -0.3 is 5.11 Å². The fourth-order valence-corrected chi connectivity index (χ4v) is 5.38. The van der Waals surface area contributed by atoms with Gasteiger partial charge in [-0.2, -0.15) is 0 Å². The Balaban J connectivity index is 2.67. The molecular formula is C6H13NO5S2. The molecule has 14 heavy (non-hydrogen) atoms. The second kappa shape index (κ2) is 4.13. The summed E-state index contributed by atoms with van der Waals surface area (Å²) in [6.07, 6.45) is 0.142. The predicted molar refractivity (Wildman–Crippen MR) is 51.1 cm³/mol. The van der Waals surface area contributed by atoms with Crippen LogP contribution in [0.3, 0.4) is 0 Å². The number of nitrogens with one attached hydrogen (secondary N) is 1. The second-order valence-corrected chi connectivity index (χ2v) is 7.46. The Morgan fingerprint density at radius 2 is 2.07 bits per heavy atom. The maximum atomic E-state index is 11.4. The van der Waals surface area contributed by atoms with E-state index in [1.54, 1.807) is 0 Å². The molecule has 1 rings (SSSR count). The van der Waals surface area contributed by atoms with E-state index in [1.807, 2.05) is 0 Å². The van der Waals surface area contributed by atoms with Crippen LogP contribution in [-0.4, -0.2) is 51.8 Å². The summed E-state index contributed by atoms with van der Waals surface area (Å²) >= 11 is 0. The first-order chi connectivity index (χ1) is 6.37. The van der Waals surface area contributed by atoms with Crippen molar-refractivity contribution >= 4 is 19.9 Å². The largest absolute Gasteiger partial charge is 0.395 e. The highest BCUT2D eigenvalue weighted by molar-refractivity contribution is 7.95. The minimum Gasteiger partial charge on any atom is -0.395 e. The van der Waals surface area contributed by atoms with Crippen LogP contribution in [0.1, 0.15) is 6.42 Å². The predicted octanol–water partition coefficient (Wildman–Crippen LogP) is -1.91. The zero-order valence-corrected chi connectivity index (χ0v) is 9.14. The molecule has 0 aliphatic carbocycles. The van der Waals surface area contributed by atoms with Gasteiger partial charge in [0.25, 0.3) is 0 Å². The highest BCUT2D eigenvalue weighted by Crippen LogP contribution is 2.17. The summed E-state index contributed by atoms with van der Waals surface area (Å²) in [6, 6.07) is 0. The molecule has 0 saturated carbocycles. The van der Waals surface area contributed by atoms with Gasteiger partial charge >= 0.3 is 0 Å². The van der Waals surface area contributed by atoms with Gasteiger partial charge in [0.1, 0.15) is 0 Å². The molecule has 1 aliphatic rings. The van der Waals surface area contributed by atoms with Gasteiger partial charge in [-0.15, -0.1) is 0 Å². The summed E-state index contributed by atoms with van der Waals surface area (Å²) in [5.41, 5.74) is 0. The van der Waals surface area contributed by atoms with E-state index in [0.717, 1.165) is 0 Å². The lowest BCUT2D eigenvalue weighted by atomic mass is 10.4. The van der Waals surface area contributed by atoms with Gasteiger partial charge in [-0.05, 0) is 6.42 Å². The number of aliphatic hydroxyl groups is 1. The van der Waals surface area contributed by atoms with Crippen LogP contribution in [0.25, 0.3) is 0 Å². The third-order valence-electron chi connectivity index (χ3n) is 2.04. The number of hydrogen-bond donors (Lipinski definition) is 2. The average Bonchev–Trinajstić information content (AvgIpc) is 2.43. The van der Waals surface area contributed by atoms with E-state index in [4.69, 9.17) is 5.11 Å². The Hall–Kier alpha value is -0.180. The highest BCUT2D eigenvalue weighted by Gasteiger charge is 2.36. The Morgan fingerprint density at radius 1 is 1.43 bits per heavy atom. The van der Waals surface area contributed by atoms with Gasteiger partial charge in [0.05, 0.1) is 23.4 Å². The lowest BCUT2D eigenvalue weighted by Crippen LogP contribution is -2.36. The summed E-state index contributed by atoms with van der Waals surface area (Å²) < 4.78 is 47.0. The minimum atomic E-state index is -3.58. The Morgan fingerprint density at radius 3 is 2.50 bits per heavy atom. The molecule has 0 spiro atoms. The lowest BCUT2D eigenvalue weighted by molar-refractivity contribution is 0.300. The number of hydrogen-bond acceptors (Lipinski definition) is 5. The lowest BCUT2D eigenvalue weighted by Gasteiger charge is -2.09. The maximum Gasteiger partial charge on any atom is 0.215 e. The molecule has 1 aliphatic heterocycles. The van der Waals surface area contributed by atoms with Crippen LogP contribution in [0.2, 0.25) is 0 Å². The van der Waals surface area contributed by atoms with Crippen LogP contribution in [0.4, 0.5) is 0 Å². The molecule has 1 saturated heterocycles. The Labute approximate surface area is 83.3 Å². The third kappa shape index (κ3) is 2.91. The van der Waals surface area contributed by atoms with Crippen molar-refractivity contribution in [3.8, 4) is 0 Å². The number of sulfone groups is 1. The fraction of sp³-hybridized carbons (Fsp3) is 1.00. The molecule has 2 N–H and O–H groups in total. The summed E-state index contributed by atoms with van der Waals surface area (Å²) in [4.78, 5) is 0. The molecule has 0 aromatic rings. The van der Waals surface area contributed by atoms with E-state index in [-0.39, 0.29) is 31.1 Å².